The number of fused-ring (bicyclic) bond motifs is 1. The van der Waals surface area contributed by atoms with E-state index < -0.39 is 0 Å². The molecule has 0 saturated carbocycles. The molecule has 3 aromatic rings. The molecule has 1 fully saturated rings. The molecular weight excluding hydrogens is 374 g/mol. The zero-order chi connectivity index (χ0) is 18.8. The van der Waals surface area contributed by atoms with Gasteiger partial charge in [0, 0.05) is 45.7 Å². The molecule has 0 unspecified atom stereocenters. The number of hydrogen-bond acceptors (Lipinski definition) is 6. The van der Waals surface area contributed by atoms with Crippen molar-refractivity contribution >= 4 is 40.8 Å². The summed E-state index contributed by atoms with van der Waals surface area (Å²) in [7, 11) is 5.77. The van der Waals surface area contributed by atoms with Gasteiger partial charge in [-0.05, 0) is 24.3 Å². The Morgan fingerprint density at radius 2 is 1.50 bits per heavy atom. The van der Waals surface area contributed by atoms with Crippen LogP contribution in [0.3, 0.4) is 0 Å². The Morgan fingerprint density at radius 1 is 0.857 bits per heavy atom. The summed E-state index contributed by atoms with van der Waals surface area (Å²) in [5, 5.41) is 1.08. The maximum atomic E-state index is 5.51. The molecule has 1 aliphatic rings. The van der Waals surface area contributed by atoms with E-state index in [9.17, 15) is 0 Å². The number of hydrogen-bond donors (Lipinski definition) is 0. The molecule has 28 heavy (non-hydrogen) atoms. The summed E-state index contributed by atoms with van der Waals surface area (Å²) in [5.41, 5.74) is 2.13. The van der Waals surface area contributed by atoms with E-state index in [1.54, 1.807) is 7.11 Å². The minimum atomic E-state index is 0. The Kier molecular flexibility index (Phi) is 6.09. The predicted molar refractivity (Wildman–Crippen MR) is 119 cm³/mol. The van der Waals surface area contributed by atoms with Crippen molar-refractivity contribution in [2.45, 2.75) is 0 Å². The molecule has 1 saturated heterocycles. The minimum absolute atomic E-state index is 0. The maximum absolute atomic E-state index is 5.51. The van der Waals surface area contributed by atoms with Crippen molar-refractivity contribution in [2.24, 2.45) is 0 Å². The van der Waals surface area contributed by atoms with Crippen molar-refractivity contribution < 1.29 is 4.74 Å². The zero-order valence-electron chi connectivity index (χ0n) is 16.5. The molecule has 0 aliphatic carbocycles. The van der Waals surface area contributed by atoms with Crippen molar-refractivity contribution in [3.63, 3.8) is 0 Å². The van der Waals surface area contributed by atoms with Crippen molar-refractivity contribution in [3.05, 3.63) is 48.5 Å². The number of methoxy groups -OCH3 is 1. The van der Waals surface area contributed by atoms with Gasteiger partial charge in [0.05, 0.1) is 18.3 Å². The number of benzene rings is 2. The third kappa shape index (κ3) is 3.78. The van der Waals surface area contributed by atoms with Gasteiger partial charge in [-0.2, -0.15) is 4.98 Å². The van der Waals surface area contributed by atoms with Crippen molar-refractivity contribution in [1.82, 2.24) is 9.97 Å². The number of nitrogens with zero attached hydrogens (tertiary/aromatic N) is 5. The Morgan fingerprint density at radius 3 is 2.21 bits per heavy atom. The Labute approximate surface area is 172 Å². The molecule has 2 heterocycles. The van der Waals surface area contributed by atoms with Gasteiger partial charge in [0.15, 0.2) is 0 Å². The lowest BCUT2D eigenvalue weighted by Gasteiger charge is -2.36. The third-order valence-corrected chi connectivity index (χ3v) is 4.98. The molecule has 0 radical (unpaired) electrons. The molecule has 4 rings (SSSR count). The Hall–Kier alpha value is -2.73. The van der Waals surface area contributed by atoms with Gasteiger partial charge in [0.1, 0.15) is 11.6 Å². The molecule has 1 aliphatic heterocycles. The summed E-state index contributed by atoms with van der Waals surface area (Å²) in [6, 6.07) is 16.4. The first-order chi connectivity index (χ1) is 13.2. The van der Waals surface area contributed by atoms with Gasteiger partial charge in [-0.15, -0.1) is 12.4 Å². The highest BCUT2D eigenvalue weighted by atomic mass is 35.5. The average molecular weight is 400 g/mol. The molecule has 148 valence electrons. The average Bonchev–Trinajstić information content (AvgIpc) is 2.73. The van der Waals surface area contributed by atoms with E-state index in [1.807, 2.05) is 38.4 Å². The monoisotopic (exact) mass is 399 g/mol. The highest BCUT2D eigenvalue weighted by Gasteiger charge is 2.22. The standard InChI is InChI=1S/C21H25N5O.ClH/c1-24(2)20-16-8-4-5-9-17(16)22-21(23-20)26-14-12-25(13-15-26)18-10-6-7-11-19(18)27-3;/h4-11H,12-15H2,1-3H3;1H. The lowest BCUT2D eigenvalue weighted by atomic mass is 10.2. The second-order valence-corrected chi connectivity index (χ2v) is 6.90. The number of anilines is 3. The molecule has 0 spiro atoms. The first-order valence-corrected chi connectivity index (χ1v) is 9.24. The fraction of sp³-hybridized carbons (Fsp3) is 0.333. The number of halogens is 1. The van der Waals surface area contributed by atoms with E-state index in [0.29, 0.717) is 0 Å². The van der Waals surface area contributed by atoms with Gasteiger partial charge in [-0.3, -0.25) is 0 Å². The fourth-order valence-electron chi connectivity index (χ4n) is 3.57. The fourth-order valence-corrected chi connectivity index (χ4v) is 3.57. The van der Waals surface area contributed by atoms with E-state index in [-0.39, 0.29) is 12.4 Å². The van der Waals surface area contributed by atoms with Crippen LogP contribution in [0.25, 0.3) is 10.9 Å². The summed E-state index contributed by atoms with van der Waals surface area (Å²) in [5.74, 6) is 2.68. The second-order valence-electron chi connectivity index (χ2n) is 6.90. The second kappa shape index (κ2) is 8.52. The van der Waals surface area contributed by atoms with Crippen LogP contribution in [-0.4, -0.2) is 57.4 Å². The topological polar surface area (TPSA) is 44.7 Å². The predicted octanol–water partition coefficient (Wildman–Crippen LogP) is 3.45. The highest BCUT2D eigenvalue weighted by Crippen LogP contribution is 2.30. The van der Waals surface area contributed by atoms with Crippen molar-refractivity contribution in [3.8, 4) is 5.75 Å². The van der Waals surface area contributed by atoms with Crippen LogP contribution in [-0.2, 0) is 0 Å². The van der Waals surface area contributed by atoms with E-state index in [1.165, 1.54) is 0 Å². The van der Waals surface area contributed by atoms with E-state index in [4.69, 9.17) is 14.7 Å². The molecule has 7 heteroatoms. The number of ether oxygens (including phenoxy) is 1. The Bertz CT molecular complexity index is 941. The molecule has 0 atom stereocenters. The van der Waals surface area contributed by atoms with Crippen LogP contribution < -0.4 is 19.4 Å². The van der Waals surface area contributed by atoms with Gasteiger partial charge in [-0.25, -0.2) is 4.98 Å². The Balaban J connectivity index is 0.00000225. The maximum Gasteiger partial charge on any atom is 0.228 e. The molecule has 0 N–H and O–H groups in total. The van der Waals surface area contributed by atoms with Gasteiger partial charge >= 0.3 is 0 Å². The minimum Gasteiger partial charge on any atom is -0.495 e. The number of rotatable bonds is 4. The van der Waals surface area contributed by atoms with Crippen LogP contribution >= 0.6 is 12.4 Å². The van der Waals surface area contributed by atoms with Crippen LogP contribution in [0.15, 0.2) is 48.5 Å². The first kappa shape index (κ1) is 20.0. The SMILES string of the molecule is COc1ccccc1N1CCN(c2nc(N(C)C)c3ccccc3n2)CC1.Cl. The third-order valence-electron chi connectivity index (χ3n) is 4.98. The molecule has 2 aromatic carbocycles. The largest absolute Gasteiger partial charge is 0.495 e. The summed E-state index contributed by atoms with van der Waals surface area (Å²) in [6.07, 6.45) is 0. The van der Waals surface area contributed by atoms with Crippen LogP contribution in [0, 0.1) is 0 Å². The molecular formula is C21H26ClN5O. The molecule has 6 nitrogen and oxygen atoms in total. The van der Waals surface area contributed by atoms with E-state index >= 15 is 0 Å². The van der Waals surface area contributed by atoms with Crippen molar-refractivity contribution in [2.75, 3.05) is 62.1 Å². The van der Waals surface area contributed by atoms with Crippen LogP contribution in [0.1, 0.15) is 0 Å². The van der Waals surface area contributed by atoms with Gasteiger partial charge in [0.2, 0.25) is 5.95 Å². The first-order valence-electron chi connectivity index (χ1n) is 9.24. The highest BCUT2D eigenvalue weighted by molar-refractivity contribution is 5.90. The van der Waals surface area contributed by atoms with Crippen LogP contribution in [0.5, 0.6) is 5.75 Å². The van der Waals surface area contributed by atoms with E-state index in [2.05, 4.69) is 39.0 Å². The summed E-state index contributed by atoms with van der Waals surface area (Å²) in [4.78, 5) is 16.4. The van der Waals surface area contributed by atoms with Crippen molar-refractivity contribution in [1.29, 1.82) is 0 Å². The summed E-state index contributed by atoms with van der Waals surface area (Å²) in [6.45, 7) is 3.58. The summed E-state index contributed by atoms with van der Waals surface area (Å²) < 4.78 is 5.51. The number of aromatic nitrogens is 2. The van der Waals surface area contributed by atoms with Gasteiger partial charge < -0.3 is 19.4 Å². The zero-order valence-corrected chi connectivity index (χ0v) is 17.3. The van der Waals surface area contributed by atoms with Crippen LogP contribution in [0.4, 0.5) is 17.5 Å². The van der Waals surface area contributed by atoms with E-state index in [0.717, 1.165) is 60.3 Å². The lowest BCUT2D eigenvalue weighted by molar-refractivity contribution is 0.413. The molecule has 0 bridgehead atoms. The molecule has 1 aromatic heterocycles. The quantitative estimate of drug-likeness (QED) is 0.669. The van der Waals surface area contributed by atoms with Gasteiger partial charge in [0.25, 0.3) is 0 Å². The van der Waals surface area contributed by atoms with Gasteiger partial charge in [-0.1, -0.05) is 24.3 Å². The molecule has 0 amide bonds. The van der Waals surface area contributed by atoms with Crippen LogP contribution in [0.2, 0.25) is 0 Å². The normalized spacial score (nSPS) is 14.0. The number of piperazine rings is 1. The smallest absolute Gasteiger partial charge is 0.228 e. The lowest BCUT2D eigenvalue weighted by Crippen LogP contribution is -2.47. The number of para-hydroxylation sites is 3. The summed E-state index contributed by atoms with van der Waals surface area (Å²) >= 11 is 0.